The van der Waals surface area contributed by atoms with Crippen molar-refractivity contribution in [1.82, 2.24) is 9.97 Å². The van der Waals surface area contributed by atoms with Crippen molar-refractivity contribution in [3.8, 4) is 0 Å². The summed E-state index contributed by atoms with van der Waals surface area (Å²) in [6, 6.07) is 1.71. The smallest absolute Gasteiger partial charge is 0.345 e. The third-order valence-electron chi connectivity index (χ3n) is 1.36. The van der Waals surface area contributed by atoms with Crippen LogP contribution in [0.2, 0.25) is 0 Å². The van der Waals surface area contributed by atoms with Crippen LogP contribution in [0.4, 0.5) is 0 Å². The van der Waals surface area contributed by atoms with Crippen LogP contribution in [0.25, 0.3) is 0 Å². The van der Waals surface area contributed by atoms with Crippen LogP contribution in [0, 0.1) is 0 Å². The molecule has 12 heavy (non-hydrogen) atoms. The van der Waals surface area contributed by atoms with E-state index in [-0.39, 0.29) is 12.2 Å². The van der Waals surface area contributed by atoms with Crippen molar-refractivity contribution >= 4 is 0 Å². The molecule has 0 atom stereocenters. The van der Waals surface area contributed by atoms with E-state index in [1.807, 2.05) is 0 Å². The molecule has 1 aromatic rings. The number of nitrogens with two attached hydrogens (primary N) is 1. The highest BCUT2D eigenvalue weighted by molar-refractivity contribution is 5.06. The minimum Gasteiger partial charge on any atom is -0.378 e. The van der Waals surface area contributed by atoms with Gasteiger partial charge in [-0.15, -0.1) is 0 Å². The molecular weight excluding hydrogens is 158 g/mol. The van der Waals surface area contributed by atoms with Gasteiger partial charge in [0.25, 0.3) is 0 Å². The van der Waals surface area contributed by atoms with Crippen LogP contribution in [0.1, 0.15) is 11.4 Å². The van der Waals surface area contributed by atoms with Gasteiger partial charge in [-0.2, -0.15) is 4.98 Å². The van der Waals surface area contributed by atoms with Gasteiger partial charge in [0.05, 0.1) is 12.3 Å². The fourth-order valence-corrected chi connectivity index (χ4v) is 0.903. The molecule has 0 aromatic carbocycles. The lowest BCUT2D eigenvalue weighted by molar-refractivity contribution is 0.181. The molecular formula is C7H11N3O2. The molecule has 0 saturated carbocycles. The zero-order valence-electron chi connectivity index (χ0n) is 6.83. The number of methoxy groups -OCH3 is 1. The summed E-state index contributed by atoms with van der Waals surface area (Å²) in [5, 5.41) is 0. The number of hydrogen-bond donors (Lipinski definition) is 2. The summed E-state index contributed by atoms with van der Waals surface area (Å²) in [6.07, 6.45) is 0. The lowest BCUT2D eigenvalue weighted by Crippen LogP contribution is -2.17. The summed E-state index contributed by atoms with van der Waals surface area (Å²) in [5.74, 6) is 0. The molecule has 66 valence electrons. The molecule has 0 aliphatic heterocycles. The van der Waals surface area contributed by atoms with Gasteiger partial charge in [-0.25, -0.2) is 4.79 Å². The van der Waals surface area contributed by atoms with Gasteiger partial charge >= 0.3 is 5.69 Å². The van der Waals surface area contributed by atoms with E-state index in [1.54, 1.807) is 13.2 Å². The Hall–Kier alpha value is -1.20. The van der Waals surface area contributed by atoms with Crippen LogP contribution < -0.4 is 11.4 Å². The first-order chi connectivity index (χ1) is 5.76. The van der Waals surface area contributed by atoms with Gasteiger partial charge in [0.15, 0.2) is 0 Å². The number of hydrogen-bond acceptors (Lipinski definition) is 4. The molecule has 0 radical (unpaired) electrons. The number of H-pyrrole nitrogens is 1. The van der Waals surface area contributed by atoms with E-state index in [2.05, 4.69) is 9.97 Å². The molecule has 0 spiro atoms. The van der Waals surface area contributed by atoms with E-state index in [1.165, 1.54) is 0 Å². The number of aromatic amines is 1. The number of rotatable bonds is 3. The van der Waals surface area contributed by atoms with Crippen LogP contribution in [0.5, 0.6) is 0 Å². The van der Waals surface area contributed by atoms with Crippen molar-refractivity contribution in [2.45, 2.75) is 13.2 Å². The summed E-state index contributed by atoms with van der Waals surface area (Å²) in [5.41, 5.74) is 6.21. The summed E-state index contributed by atoms with van der Waals surface area (Å²) in [7, 11) is 1.56. The predicted molar refractivity (Wildman–Crippen MR) is 43.5 cm³/mol. The molecule has 0 aliphatic carbocycles. The Morgan fingerprint density at radius 3 is 3.08 bits per heavy atom. The highest BCUT2D eigenvalue weighted by Gasteiger charge is 1.97. The zero-order chi connectivity index (χ0) is 8.97. The van der Waals surface area contributed by atoms with Crippen molar-refractivity contribution in [1.29, 1.82) is 0 Å². The lowest BCUT2D eigenvalue weighted by Gasteiger charge is -2.00. The van der Waals surface area contributed by atoms with Gasteiger partial charge in [-0.1, -0.05) is 0 Å². The van der Waals surface area contributed by atoms with E-state index in [0.717, 1.165) is 0 Å². The Morgan fingerprint density at radius 2 is 2.50 bits per heavy atom. The molecule has 1 heterocycles. The van der Waals surface area contributed by atoms with Gasteiger partial charge in [0.1, 0.15) is 0 Å². The van der Waals surface area contributed by atoms with Crippen LogP contribution in [0.3, 0.4) is 0 Å². The quantitative estimate of drug-likeness (QED) is 0.631. The number of nitrogens with zero attached hydrogens (tertiary/aromatic N) is 1. The fourth-order valence-electron chi connectivity index (χ4n) is 0.903. The Balaban J connectivity index is 2.98. The molecule has 0 aliphatic rings. The summed E-state index contributed by atoms with van der Waals surface area (Å²) in [6.45, 7) is 0.630. The molecule has 0 saturated heterocycles. The van der Waals surface area contributed by atoms with E-state index >= 15 is 0 Å². The monoisotopic (exact) mass is 169 g/mol. The number of ether oxygens (including phenoxy) is 1. The molecule has 1 rings (SSSR count). The summed E-state index contributed by atoms with van der Waals surface area (Å²) >= 11 is 0. The van der Waals surface area contributed by atoms with E-state index < -0.39 is 0 Å². The van der Waals surface area contributed by atoms with Crippen molar-refractivity contribution in [3.05, 3.63) is 27.9 Å². The summed E-state index contributed by atoms with van der Waals surface area (Å²) in [4.78, 5) is 17.0. The van der Waals surface area contributed by atoms with Gasteiger partial charge in [-0.05, 0) is 6.07 Å². The van der Waals surface area contributed by atoms with Gasteiger partial charge in [0, 0.05) is 19.3 Å². The maximum atomic E-state index is 10.9. The van der Waals surface area contributed by atoms with Crippen LogP contribution in [0.15, 0.2) is 10.9 Å². The van der Waals surface area contributed by atoms with Crippen LogP contribution in [-0.4, -0.2) is 17.1 Å². The highest BCUT2D eigenvalue weighted by atomic mass is 16.5. The second-order valence-corrected chi connectivity index (χ2v) is 2.34. The maximum Gasteiger partial charge on any atom is 0.345 e. The average molecular weight is 169 g/mol. The predicted octanol–water partition coefficient (Wildman–Crippen LogP) is -0.625. The normalized spacial score (nSPS) is 10.2. The van der Waals surface area contributed by atoms with Crippen molar-refractivity contribution < 1.29 is 4.74 Å². The van der Waals surface area contributed by atoms with E-state index in [4.69, 9.17) is 10.5 Å². The molecule has 1 aromatic heterocycles. The van der Waals surface area contributed by atoms with Gasteiger partial charge < -0.3 is 15.5 Å². The third-order valence-corrected chi connectivity index (χ3v) is 1.36. The van der Waals surface area contributed by atoms with Crippen molar-refractivity contribution in [2.75, 3.05) is 7.11 Å². The second kappa shape index (κ2) is 3.99. The van der Waals surface area contributed by atoms with Crippen LogP contribution in [-0.2, 0) is 17.9 Å². The maximum absolute atomic E-state index is 10.9. The Labute approximate surface area is 69.6 Å². The molecule has 0 unspecified atom stereocenters. The largest absolute Gasteiger partial charge is 0.378 e. The second-order valence-electron chi connectivity index (χ2n) is 2.34. The minimum absolute atomic E-state index is 0.265. The van der Waals surface area contributed by atoms with Gasteiger partial charge in [0.2, 0.25) is 0 Å². The van der Waals surface area contributed by atoms with Crippen molar-refractivity contribution in [2.24, 2.45) is 5.73 Å². The molecule has 5 heteroatoms. The Morgan fingerprint density at radius 1 is 1.75 bits per heavy atom. The average Bonchev–Trinajstić information content (AvgIpc) is 2.04. The highest BCUT2D eigenvalue weighted by Crippen LogP contribution is 1.95. The SMILES string of the molecule is COCc1cc(CN)nc(=O)[nH]1. The molecule has 3 N–H and O–H groups in total. The first-order valence-electron chi connectivity index (χ1n) is 3.54. The molecule has 0 bridgehead atoms. The lowest BCUT2D eigenvalue weighted by atomic mass is 10.3. The first kappa shape index (κ1) is 8.89. The standard InChI is InChI=1S/C7H11N3O2/c1-12-4-6-2-5(3-8)9-7(11)10-6/h2H,3-4,8H2,1H3,(H,9,10,11). The number of aromatic nitrogens is 2. The van der Waals surface area contributed by atoms with Gasteiger partial charge in [-0.3, -0.25) is 0 Å². The molecule has 0 fully saturated rings. The number of nitrogens with one attached hydrogen (secondary N) is 1. The van der Waals surface area contributed by atoms with Crippen molar-refractivity contribution in [3.63, 3.8) is 0 Å². The van der Waals surface area contributed by atoms with E-state index in [0.29, 0.717) is 18.0 Å². The zero-order valence-corrected chi connectivity index (χ0v) is 6.83. The minimum atomic E-state index is -0.384. The molecule has 0 amide bonds. The Bertz CT molecular complexity index is 308. The first-order valence-corrected chi connectivity index (χ1v) is 3.54. The fraction of sp³-hybridized carbons (Fsp3) is 0.429. The third kappa shape index (κ3) is 2.14. The summed E-state index contributed by atoms with van der Waals surface area (Å²) < 4.78 is 4.84. The van der Waals surface area contributed by atoms with Crippen LogP contribution >= 0.6 is 0 Å². The molecule has 5 nitrogen and oxygen atoms in total. The van der Waals surface area contributed by atoms with E-state index in [9.17, 15) is 4.79 Å². The topological polar surface area (TPSA) is 81.0 Å². The Kier molecular flexibility index (Phi) is 2.95.